The number of halogens is 1. The Labute approximate surface area is 99.6 Å². The predicted molar refractivity (Wildman–Crippen MR) is 65.8 cm³/mol. The van der Waals surface area contributed by atoms with Crippen LogP contribution in [0.3, 0.4) is 0 Å². The van der Waals surface area contributed by atoms with E-state index in [0.717, 1.165) is 30.2 Å². The summed E-state index contributed by atoms with van der Waals surface area (Å²) < 4.78 is 1.14. The van der Waals surface area contributed by atoms with Gasteiger partial charge in [-0.25, -0.2) is 0 Å². The van der Waals surface area contributed by atoms with Crippen LogP contribution in [0.25, 0.3) is 0 Å². The molecule has 2 unspecified atom stereocenters. The van der Waals surface area contributed by atoms with Gasteiger partial charge in [-0.2, -0.15) is 0 Å². The van der Waals surface area contributed by atoms with Crippen LogP contribution in [0.5, 0.6) is 0 Å². The molecule has 0 bridgehead atoms. The number of hydrogen-bond donors (Lipinski definition) is 1. The third-order valence-corrected chi connectivity index (χ3v) is 3.82. The van der Waals surface area contributed by atoms with E-state index in [-0.39, 0.29) is 6.10 Å². The van der Waals surface area contributed by atoms with Crippen LogP contribution in [0.15, 0.2) is 28.7 Å². The van der Waals surface area contributed by atoms with E-state index in [1.165, 1.54) is 5.56 Å². The van der Waals surface area contributed by atoms with Gasteiger partial charge < -0.3 is 5.11 Å². The third kappa shape index (κ3) is 2.82. The maximum Gasteiger partial charge on any atom is 0.0545 e. The Morgan fingerprint density at radius 1 is 1.53 bits per heavy atom. The Kier molecular flexibility index (Phi) is 3.17. The minimum absolute atomic E-state index is 0.0813. The summed E-state index contributed by atoms with van der Waals surface area (Å²) in [5.41, 5.74) is 1.65. The minimum Gasteiger partial charge on any atom is -0.393 e. The van der Waals surface area contributed by atoms with Crippen LogP contribution in [-0.4, -0.2) is 11.2 Å². The summed E-state index contributed by atoms with van der Waals surface area (Å²) in [4.78, 5) is 0. The Bertz CT molecular complexity index is 350. The van der Waals surface area contributed by atoms with Crippen molar-refractivity contribution in [1.29, 1.82) is 0 Å². The highest BCUT2D eigenvalue weighted by molar-refractivity contribution is 9.10. The van der Waals surface area contributed by atoms with Gasteiger partial charge in [0.25, 0.3) is 0 Å². The van der Waals surface area contributed by atoms with E-state index in [1.807, 2.05) is 0 Å². The van der Waals surface area contributed by atoms with Crippen LogP contribution in [0.1, 0.15) is 31.7 Å². The van der Waals surface area contributed by atoms with Crippen LogP contribution in [0.2, 0.25) is 0 Å². The fourth-order valence-electron chi connectivity index (χ4n) is 2.59. The standard InChI is InChI=1S/C13H17BrO/c1-13(6-5-12(15)9-13)8-10-3-2-4-11(14)7-10/h2-4,7,12,15H,5-6,8-9H2,1H3. The highest BCUT2D eigenvalue weighted by Crippen LogP contribution is 2.40. The summed E-state index contributed by atoms with van der Waals surface area (Å²) in [6.45, 7) is 2.28. The molecule has 1 fully saturated rings. The van der Waals surface area contributed by atoms with Crippen molar-refractivity contribution in [2.75, 3.05) is 0 Å². The lowest BCUT2D eigenvalue weighted by Gasteiger charge is -2.23. The molecule has 1 aliphatic carbocycles. The van der Waals surface area contributed by atoms with Gasteiger partial charge in [-0.3, -0.25) is 0 Å². The molecule has 0 saturated heterocycles. The van der Waals surface area contributed by atoms with Crippen LogP contribution in [-0.2, 0) is 6.42 Å². The maximum absolute atomic E-state index is 9.59. The first-order chi connectivity index (χ1) is 7.07. The Morgan fingerprint density at radius 2 is 2.33 bits per heavy atom. The van der Waals surface area contributed by atoms with Gasteiger partial charge in [-0.1, -0.05) is 35.0 Å². The van der Waals surface area contributed by atoms with Crippen LogP contribution in [0.4, 0.5) is 0 Å². The molecule has 0 aromatic heterocycles. The molecule has 1 aliphatic rings. The van der Waals surface area contributed by atoms with E-state index in [4.69, 9.17) is 0 Å². The fourth-order valence-corrected chi connectivity index (χ4v) is 3.03. The Morgan fingerprint density at radius 3 is 2.93 bits per heavy atom. The van der Waals surface area contributed by atoms with Crippen LogP contribution < -0.4 is 0 Å². The first-order valence-electron chi connectivity index (χ1n) is 5.50. The van der Waals surface area contributed by atoms with Gasteiger partial charge >= 0.3 is 0 Å². The average molecular weight is 269 g/mol. The minimum atomic E-state index is -0.0813. The number of aliphatic hydroxyl groups is 1. The molecule has 1 saturated carbocycles. The zero-order valence-electron chi connectivity index (χ0n) is 9.04. The molecule has 1 aromatic carbocycles. The summed E-state index contributed by atoms with van der Waals surface area (Å²) in [6, 6.07) is 8.47. The van der Waals surface area contributed by atoms with E-state index in [0.29, 0.717) is 5.41 Å². The van der Waals surface area contributed by atoms with Crippen molar-refractivity contribution in [1.82, 2.24) is 0 Å². The van der Waals surface area contributed by atoms with E-state index in [2.05, 4.69) is 47.1 Å². The number of benzene rings is 1. The lowest BCUT2D eigenvalue weighted by molar-refractivity contribution is 0.163. The van der Waals surface area contributed by atoms with Crippen molar-refractivity contribution >= 4 is 15.9 Å². The summed E-state index contributed by atoms with van der Waals surface area (Å²) in [5, 5.41) is 9.59. The van der Waals surface area contributed by atoms with Gasteiger partial charge in [0.05, 0.1) is 6.10 Å². The Balaban J connectivity index is 2.08. The van der Waals surface area contributed by atoms with Crippen LogP contribution >= 0.6 is 15.9 Å². The van der Waals surface area contributed by atoms with Gasteiger partial charge in [-0.05, 0) is 48.8 Å². The largest absolute Gasteiger partial charge is 0.393 e. The zero-order chi connectivity index (χ0) is 10.9. The second-order valence-electron chi connectivity index (χ2n) is 5.01. The molecule has 2 atom stereocenters. The van der Waals surface area contributed by atoms with Gasteiger partial charge in [-0.15, -0.1) is 0 Å². The molecule has 2 rings (SSSR count). The molecule has 0 heterocycles. The molecule has 82 valence electrons. The lowest BCUT2D eigenvalue weighted by Crippen LogP contribution is -2.16. The summed E-state index contributed by atoms with van der Waals surface area (Å²) >= 11 is 3.49. The molecule has 0 radical (unpaired) electrons. The number of hydrogen-bond acceptors (Lipinski definition) is 1. The van der Waals surface area contributed by atoms with Crippen molar-refractivity contribution < 1.29 is 5.11 Å². The second-order valence-corrected chi connectivity index (χ2v) is 5.93. The summed E-state index contributed by atoms with van der Waals surface area (Å²) in [6.07, 6.45) is 4.04. The van der Waals surface area contributed by atoms with E-state index in [9.17, 15) is 5.11 Å². The van der Waals surface area contributed by atoms with Crippen molar-refractivity contribution in [3.8, 4) is 0 Å². The zero-order valence-corrected chi connectivity index (χ0v) is 10.6. The smallest absolute Gasteiger partial charge is 0.0545 e. The summed E-state index contributed by atoms with van der Waals surface area (Å²) in [5.74, 6) is 0. The summed E-state index contributed by atoms with van der Waals surface area (Å²) in [7, 11) is 0. The predicted octanol–water partition coefficient (Wildman–Crippen LogP) is 3.54. The van der Waals surface area contributed by atoms with Crippen molar-refractivity contribution in [2.45, 2.75) is 38.7 Å². The lowest BCUT2D eigenvalue weighted by atomic mass is 9.82. The van der Waals surface area contributed by atoms with E-state index in [1.54, 1.807) is 0 Å². The quantitative estimate of drug-likeness (QED) is 0.870. The molecular weight excluding hydrogens is 252 g/mol. The second kappa shape index (κ2) is 4.26. The third-order valence-electron chi connectivity index (χ3n) is 3.33. The molecule has 15 heavy (non-hydrogen) atoms. The van der Waals surface area contributed by atoms with Gasteiger partial charge in [0.15, 0.2) is 0 Å². The highest BCUT2D eigenvalue weighted by Gasteiger charge is 2.33. The van der Waals surface area contributed by atoms with E-state index >= 15 is 0 Å². The van der Waals surface area contributed by atoms with Crippen molar-refractivity contribution in [2.24, 2.45) is 5.41 Å². The van der Waals surface area contributed by atoms with Gasteiger partial charge in [0.2, 0.25) is 0 Å². The Hall–Kier alpha value is -0.340. The fraction of sp³-hybridized carbons (Fsp3) is 0.538. The van der Waals surface area contributed by atoms with Crippen molar-refractivity contribution in [3.05, 3.63) is 34.3 Å². The van der Waals surface area contributed by atoms with Crippen molar-refractivity contribution in [3.63, 3.8) is 0 Å². The number of rotatable bonds is 2. The first-order valence-corrected chi connectivity index (χ1v) is 6.29. The first kappa shape index (κ1) is 11.2. The van der Waals surface area contributed by atoms with Gasteiger partial charge in [0.1, 0.15) is 0 Å². The molecule has 2 heteroatoms. The molecule has 0 spiro atoms. The monoisotopic (exact) mass is 268 g/mol. The van der Waals surface area contributed by atoms with Gasteiger partial charge in [0, 0.05) is 4.47 Å². The molecule has 1 N–H and O–H groups in total. The van der Waals surface area contributed by atoms with E-state index < -0.39 is 0 Å². The molecule has 1 nitrogen and oxygen atoms in total. The molecule has 0 aliphatic heterocycles. The number of aliphatic hydroxyl groups excluding tert-OH is 1. The average Bonchev–Trinajstić information content (AvgIpc) is 2.45. The van der Waals surface area contributed by atoms with Crippen LogP contribution in [0, 0.1) is 5.41 Å². The normalized spacial score (nSPS) is 30.7. The SMILES string of the molecule is CC1(Cc2cccc(Br)c2)CCC(O)C1. The molecular formula is C13H17BrO. The highest BCUT2D eigenvalue weighted by atomic mass is 79.9. The molecule has 0 amide bonds. The maximum atomic E-state index is 9.59. The molecule has 1 aromatic rings. The topological polar surface area (TPSA) is 20.2 Å².